The Balaban J connectivity index is 3.14. The third-order valence-corrected chi connectivity index (χ3v) is 2.32. The first-order valence-corrected chi connectivity index (χ1v) is 4.14. The van der Waals surface area contributed by atoms with E-state index in [0.29, 0.717) is 4.35 Å². The van der Waals surface area contributed by atoms with Crippen LogP contribution in [-0.4, -0.2) is 16.9 Å². The molecule has 0 saturated carbocycles. The molecule has 0 bridgehead atoms. The minimum atomic E-state index is -4.20. The van der Waals surface area contributed by atoms with E-state index in [2.05, 4.69) is 0 Å². The summed E-state index contributed by atoms with van der Waals surface area (Å²) in [7, 11) is 0. The van der Waals surface area contributed by atoms with Crippen molar-refractivity contribution in [2.75, 3.05) is 0 Å². The van der Waals surface area contributed by atoms with E-state index in [-0.39, 0.29) is 0 Å². The molecular formula is C7H6AsF3. The molecule has 0 amide bonds. The monoisotopic (exact) mass is 222 g/mol. The number of halogens is 3. The second-order valence-corrected chi connectivity index (χ2v) is 3.39. The first-order chi connectivity index (χ1) is 5.02. The molecule has 0 N–H and O–H groups in total. The molecular weight excluding hydrogens is 216 g/mol. The average Bonchev–Trinajstić information content (AvgIpc) is 1.86. The summed E-state index contributed by atoms with van der Waals surface area (Å²) in [5.41, 5.74) is -0.528. The van der Waals surface area contributed by atoms with E-state index in [1.807, 2.05) is 0 Å². The van der Waals surface area contributed by atoms with Crippen molar-refractivity contribution < 1.29 is 13.2 Å². The predicted molar refractivity (Wildman–Crippen MR) is 39.6 cm³/mol. The molecule has 11 heavy (non-hydrogen) atoms. The quantitative estimate of drug-likeness (QED) is 0.573. The Morgan fingerprint density at radius 2 is 1.64 bits per heavy atom. The van der Waals surface area contributed by atoms with Crippen molar-refractivity contribution in [2.24, 2.45) is 0 Å². The third kappa shape index (κ3) is 2.00. The zero-order chi connectivity index (χ0) is 8.48. The Kier molecular flexibility index (Phi) is 2.28. The minimum absolute atomic E-state index is 0.326. The summed E-state index contributed by atoms with van der Waals surface area (Å²) >= 11 is 0.992. The number of hydrogen-bond acceptors (Lipinski definition) is 0. The topological polar surface area (TPSA) is 0 Å². The van der Waals surface area contributed by atoms with Crippen molar-refractivity contribution >= 4 is 21.2 Å². The molecule has 0 heterocycles. The molecule has 0 radical (unpaired) electrons. The fraction of sp³-hybridized carbons (Fsp3) is 0.143. The maximum absolute atomic E-state index is 12.1. The van der Waals surface area contributed by atoms with Crippen LogP contribution in [0.2, 0.25) is 0 Å². The first-order valence-electron chi connectivity index (χ1n) is 2.93. The Labute approximate surface area is 70.9 Å². The molecule has 0 aliphatic carbocycles. The van der Waals surface area contributed by atoms with Crippen LogP contribution in [-0.2, 0) is 6.18 Å². The number of rotatable bonds is 0. The summed E-state index contributed by atoms with van der Waals surface area (Å²) < 4.78 is 36.5. The molecule has 1 rings (SSSR count). The van der Waals surface area contributed by atoms with E-state index in [4.69, 9.17) is 0 Å². The van der Waals surface area contributed by atoms with Gasteiger partial charge in [-0.2, -0.15) is 0 Å². The van der Waals surface area contributed by atoms with Gasteiger partial charge in [0.15, 0.2) is 0 Å². The van der Waals surface area contributed by atoms with Crippen LogP contribution in [0.25, 0.3) is 0 Å². The van der Waals surface area contributed by atoms with Crippen molar-refractivity contribution in [2.45, 2.75) is 6.18 Å². The SMILES string of the molecule is FC(F)(F)c1ccccc1[AsH2]. The molecule has 0 fully saturated rings. The molecule has 60 valence electrons. The molecule has 0 nitrogen and oxygen atoms in total. The fourth-order valence-corrected chi connectivity index (χ4v) is 1.53. The van der Waals surface area contributed by atoms with Crippen molar-refractivity contribution in [3.05, 3.63) is 29.8 Å². The summed E-state index contributed by atoms with van der Waals surface area (Å²) in [6.07, 6.45) is -4.20. The van der Waals surface area contributed by atoms with E-state index >= 15 is 0 Å². The molecule has 0 aliphatic rings. The molecule has 0 aromatic heterocycles. The van der Waals surface area contributed by atoms with E-state index in [0.717, 1.165) is 22.9 Å². The molecule has 1 atom stereocenters. The molecule has 0 spiro atoms. The van der Waals surface area contributed by atoms with Crippen LogP contribution < -0.4 is 4.35 Å². The molecule has 0 saturated heterocycles. The fourth-order valence-electron chi connectivity index (χ4n) is 0.755. The van der Waals surface area contributed by atoms with Gasteiger partial charge in [-0.1, -0.05) is 0 Å². The average molecular weight is 222 g/mol. The zero-order valence-corrected chi connectivity index (χ0v) is 7.94. The van der Waals surface area contributed by atoms with Crippen LogP contribution in [0.15, 0.2) is 24.3 Å². The van der Waals surface area contributed by atoms with Gasteiger partial charge >= 0.3 is 70.4 Å². The standard InChI is InChI=1S/C7H6AsF3/c8-6-4-2-1-3-5(6)7(9,10)11/h1-4H,8H2. The van der Waals surface area contributed by atoms with Crippen molar-refractivity contribution in [3.8, 4) is 0 Å². The summed E-state index contributed by atoms with van der Waals surface area (Å²) in [6, 6.07) is 5.57. The molecule has 1 aromatic carbocycles. The molecule has 1 aromatic rings. The molecule has 1 unspecified atom stereocenters. The van der Waals surface area contributed by atoms with Gasteiger partial charge in [0, 0.05) is 0 Å². The molecule has 4 heteroatoms. The van der Waals surface area contributed by atoms with Gasteiger partial charge in [-0.25, -0.2) is 0 Å². The zero-order valence-electron chi connectivity index (χ0n) is 5.52. The van der Waals surface area contributed by atoms with Gasteiger partial charge < -0.3 is 0 Å². The van der Waals surface area contributed by atoms with Crippen LogP contribution in [0.4, 0.5) is 13.2 Å². The predicted octanol–water partition coefficient (Wildman–Crippen LogP) is 0.964. The van der Waals surface area contributed by atoms with E-state index in [9.17, 15) is 13.2 Å². The van der Waals surface area contributed by atoms with Gasteiger partial charge in [-0.05, 0) is 0 Å². The van der Waals surface area contributed by atoms with Crippen molar-refractivity contribution in [1.82, 2.24) is 0 Å². The normalized spacial score (nSPS) is 11.6. The summed E-state index contributed by atoms with van der Waals surface area (Å²) in [6.45, 7) is 0. The van der Waals surface area contributed by atoms with Crippen LogP contribution >= 0.6 is 0 Å². The summed E-state index contributed by atoms with van der Waals surface area (Å²) in [5, 5.41) is 0. The summed E-state index contributed by atoms with van der Waals surface area (Å²) in [5.74, 6) is 0. The maximum atomic E-state index is 12.1. The van der Waals surface area contributed by atoms with Crippen LogP contribution in [0.5, 0.6) is 0 Å². The van der Waals surface area contributed by atoms with Gasteiger partial charge in [0.2, 0.25) is 0 Å². The Morgan fingerprint density at radius 3 is 2.00 bits per heavy atom. The van der Waals surface area contributed by atoms with Crippen molar-refractivity contribution in [1.29, 1.82) is 0 Å². The second-order valence-electron chi connectivity index (χ2n) is 2.09. The van der Waals surface area contributed by atoms with Gasteiger partial charge in [0.25, 0.3) is 0 Å². The van der Waals surface area contributed by atoms with Gasteiger partial charge in [0.1, 0.15) is 0 Å². The number of benzene rings is 1. The number of hydrogen-bond donors (Lipinski definition) is 0. The van der Waals surface area contributed by atoms with Gasteiger partial charge in [-0.15, -0.1) is 0 Å². The van der Waals surface area contributed by atoms with E-state index < -0.39 is 11.7 Å². The van der Waals surface area contributed by atoms with E-state index in [1.165, 1.54) is 12.1 Å². The van der Waals surface area contributed by atoms with Crippen LogP contribution in [0, 0.1) is 0 Å². The van der Waals surface area contributed by atoms with Crippen molar-refractivity contribution in [3.63, 3.8) is 0 Å². The van der Waals surface area contributed by atoms with Crippen LogP contribution in [0.1, 0.15) is 5.56 Å². The van der Waals surface area contributed by atoms with Crippen LogP contribution in [0.3, 0.4) is 0 Å². The molecule has 0 aliphatic heterocycles. The van der Waals surface area contributed by atoms with Gasteiger partial charge in [-0.3, -0.25) is 0 Å². The van der Waals surface area contributed by atoms with Gasteiger partial charge in [0.05, 0.1) is 0 Å². The summed E-state index contributed by atoms with van der Waals surface area (Å²) in [4.78, 5) is 0. The Bertz CT molecular complexity index is 254. The second kappa shape index (κ2) is 2.90. The number of alkyl halides is 3. The Morgan fingerprint density at radius 1 is 1.09 bits per heavy atom. The first kappa shape index (κ1) is 8.66. The third-order valence-electron chi connectivity index (χ3n) is 1.27. The van der Waals surface area contributed by atoms with E-state index in [1.54, 1.807) is 6.07 Å². The Hall–Kier alpha value is -0.432.